The van der Waals surface area contributed by atoms with Crippen LogP contribution in [-0.2, 0) is 12.4 Å². The largest absolute Gasteiger partial charge is 0.416 e. The van der Waals surface area contributed by atoms with Crippen LogP contribution in [0.3, 0.4) is 0 Å². The second-order valence-corrected chi connectivity index (χ2v) is 10.0. The van der Waals surface area contributed by atoms with Gasteiger partial charge in [0.05, 0.1) is 17.7 Å². The van der Waals surface area contributed by atoms with Crippen molar-refractivity contribution >= 4 is 5.91 Å². The molecule has 0 aliphatic carbocycles. The molecule has 2 aliphatic heterocycles. The molecular formula is C27H30F6N2O2. The van der Waals surface area contributed by atoms with Gasteiger partial charge in [-0.3, -0.25) is 9.69 Å². The molecule has 0 spiro atoms. The Morgan fingerprint density at radius 1 is 0.838 bits per heavy atom. The van der Waals surface area contributed by atoms with Crippen LogP contribution in [0.1, 0.15) is 58.3 Å². The Kier molecular flexibility index (Phi) is 7.63. The van der Waals surface area contributed by atoms with E-state index in [0.29, 0.717) is 48.0 Å². The summed E-state index contributed by atoms with van der Waals surface area (Å²) in [5, 5.41) is 9.61. The number of aliphatic hydroxyl groups excluding tert-OH is 1. The zero-order valence-electron chi connectivity index (χ0n) is 20.7. The fourth-order valence-electron chi connectivity index (χ4n) is 5.68. The average Bonchev–Trinajstić information content (AvgIpc) is 3.31. The van der Waals surface area contributed by atoms with Gasteiger partial charge in [0.2, 0.25) is 0 Å². The van der Waals surface area contributed by atoms with Gasteiger partial charge in [0.1, 0.15) is 0 Å². The molecule has 4 rings (SSSR count). The van der Waals surface area contributed by atoms with Crippen LogP contribution in [0.4, 0.5) is 26.3 Å². The summed E-state index contributed by atoms with van der Waals surface area (Å²) in [4.78, 5) is 17.5. The zero-order chi connectivity index (χ0) is 27.1. The SMILES string of the molecule is Cc1cc(-c2cc(C(F)(F)F)cc(C(F)(F)F)c2)cc(C)c1C(=O)N1CCC(N2CCCC2CO)CC1. The van der Waals surface area contributed by atoms with Crippen molar-refractivity contribution in [2.24, 2.45) is 0 Å². The molecule has 1 N–H and O–H groups in total. The monoisotopic (exact) mass is 528 g/mol. The lowest BCUT2D eigenvalue weighted by atomic mass is 9.92. The Bertz CT molecular complexity index is 1100. The number of hydrogen-bond acceptors (Lipinski definition) is 3. The smallest absolute Gasteiger partial charge is 0.395 e. The number of benzene rings is 2. The van der Waals surface area contributed by atoms with E-state index in [0.717, 1.165) is 32.2 Å². The first-order valence-electron chi connectivity index (χ1n) is 12.4. The molecule has 202 valence electrons. The van der Waals surface area contributed by atoms with Crippen LogP contribution in [0.2, 0.25) is 0 Å². The maximum absolute atomic E-state index is 13.4. The van der Waals surface area contributed by atoms with E-state index in [1.165, 1.54) is 12.1 Å². The minimum Gasteiger partial charge on any atom is -0.395 e. The first-order chi connectivity index (χ1) is 17.3. The van der Waals surface area contributed by atoms with Crippen LogP contribution in [-0.4, -0.2) is 59.1 Å². The number of piperidine rings is 1. The van der Waals surface area contributed by atoms with Crippen molar-refractivity contribution in [3.8, 4) is 11.1 Å². The predicted molar refractivity (Wildman–Crippen MR) is 127 cm³/mol. The molecule has 2 aromatic carbocycles. The normalized spacial score (nSPS) is 20.0. The molecule has 1 amide bonds. The Morgan fingerprint density at radius 2 is 1.35 bits per heavy atom. The Labute approximate surface area is 211 Å². The number of aryl methyl sites for hydroxylation is 2. The lowest BCUT2D eigenvalue weighted by Gasteiger charge is -2.39. The van der Waals surface area contributed by atoms with Crippen molar-refractivity contribution in [1.29, 1.82) is 0 Å². The third-order valence-electron chi connectivity index (χ3n) is 7.52. The van der Waals surface area contributed by atoms with E-state index in [-0.39, 0.29) is 35.7 Å². The number of amides is 1. The van der Waals surface area contributed by atoms with Gasteiger partial charge in [0, 0.05) is 30.7 Å². The number of carbonyl (C=O) groups excluding carboxylic acids is 1. The first kappa shape index (κ1) is 27.4. The summed E-state index contributed by atoms with van der Waals surface area (Å²) in [7, 11) is 0. The Balaban J connectivity index is 1.57. The number of carbonyl (C=O) groups is 1. The number of hydrogen-bond donors (Lipinski definition) is 1. The van der Waals surface area contributed by atoms with Gasteiger partial charge < -0.3 is 10.0 Å². The van der Waals surface area contributed by atoms with Gasteiger partial charge in [-0.2, -0.15) is 26.3 Å². The summed E-state index contributed by atoms with van der Waals surface area (Å²) in [6.45, 7) is 5.44. The van der Waals surface area contributed by atoms with Crippen LogP contribution in [0.15, 0.2) is 30.3 Å². The van der Waals surface area contributed by atoms with Crippen molar-refractivity contribution in [3.63, 3.8) is 0 Å². The molecule has 0 aromatic heterocycles. The minimum absolute atomic E-state index is 0.107. The van der Waals surface area contributed by atoms with Crippen molar-refractivity contribution in [2.45, 2.75) is 64.0 Å². The van der Waals surface area contributed by atoms with E-state index in [1.807, 2.05) is 0 Å². The zero-order valence-corrected chi connectivity index (χ0v) is 20.7. The third kappa shape index (κ3) is 5.80. The van der Waals surface area contributed by atoms with Crippen molar-refractivity contribution in [2.75, 3.05) is 26.2 Å². The van der Waals surface area contributed by atoms with Gasteiger partial charge in [-0.1, -0.05) is 12.1 Å². The molecule has 1 atom stereocenters. The predicted octanol–water partition coefficient (Wildman–Crippen LogP) is 6.07. The fraction of sp³-hybridized carbons (Fsp3) is 0.519. The number of rotatable bonds is 4. The van der Waals surface area contributed by atoms with Crippen LogP contribution < -0.4 is 0 Å². The molecule has 0 radical (unpaired) electrons. The molecule has 4 nitrogen and oxygen atoms in total. The summed E-state index contributed by atoms with van der Waals surface area (Å²) < 4.78 is 79.9. The molecule has 10 heteroatoms. The van der Waals surface area contributed by atoms with E-state index < -0.39 is 23.5 Å². The van der Waals surface area contributed by atoms with Gasteiger partial charge >= 0.3 is 12.4 Å². The molecule has 2 heterocycles. The quantitative estimate of drug-likeness (QED) is 0.490. The van der Waals surface area contributed by atoms with Gasteiger partial charge in [-0.05, 0) is 86.5 Å². The van der Waals surface area contributed by atoms with Crippen molar-refractivity contribution in [3.05, 3.63) is 58.1 Å². The Morgan fingerprint density at radius 3 is 1.84 bits per heavy atom. The van der Waals surface area contributed by atoms with E-state index in [1.54, 1.807) is 18.7 Å². The topological polar surface area (TPSA) is 43.8 Å². The molecular weight excluding hydrogens is 498 g/mol. The van der Waals surface area contributed by atoms with Crippen molar-refractivity contribution in [1.82, 2.24) is 9.80 Å². The molecule has 0 saturated carbocycles. The third-order valence-corrected chi connectivity index (χ3v) is 7.52. The molecule has 2 aromatic rings. The Hall–Kier alpha value is -2.59. The highest BCUT2D eigenvalue weighted by molar-refractivity contribution is 5.98. The summed E-state index contributed by atoms with van der Waals surface area (Å²) in [5.74, 6) is -0.194. The highest BCUT2D eigenvalue weighted by atomic mass is 19.4. The van der Waals surface area contributed by atoms with E-state index in [2.05, 4.69) is 4.90 Å². The molecule has 0 bridgehead atoms. The van der Waals surface area contributed by atoms with Gasteiger partial charge in [0.25, 0.3) is 5.91 Å². The average molecular weight is 529 g/mol. The summed E-state index contributed by atoms with van der Waals surface area (Å²) in [6.07, 6.45) is -6.29. The molecule has 2 fully saturated rings. The van der Waals surface area contributed by atoms with E-state index in [9.17, 15) is 36.2 Å². The van der Waals surface area contributed by atoms with Crippen molar-refractivity contribution < 1.29 is 36.2 Å². The van der Waals surface area contributed by atoms with Crippen LogP contribution in [0.25, 0.3) is 11.1 Å². The minimum atomic E-state index is -4.94. The van der Waals surface area contributed by atoms with Crippen LogP contribution in [0.5, 0.6) is 0 Å². The second-order valence-electron chi connectivity index (χ2n) is 10.0. The maximum atomic E-state index is 13.4. The first-order valence-corrected chi connectivity index (χ1v) is 12.4. The summed E-state index contributed by atoms with van der Waals surface area (Å²) in [6, 6.07) is 4.92. The standard InChI is InChI=1S/C27H30F6N2O2/c1-16-10-18(19-12-20(26(28,29)30)14-21(13-19)27(31,32)33)11-17(2)24(16)25(37)34-8-5-22(6-9-34)35-7-3-4-23(35)15-36/h10-14,22-23,36H,3-9,15H2,1-2H3. The molecule has 2 aliphatic rings. The lowest BCUT2D eigenvalue weighted by Crippen LogP contribution is -2.49. The number of halogens is 6. The number of likely N-dealkylation sites (tertiary alicyclic amines) is 2. The van der Waals surface area contributed by atoms with Crippen LogP contribution in [0, 0.1) is 13.8 Å². The fourth-order valence-corrected chi connectivity index (χ4v) is 5.68. The number of aliphatic hydroxyl groups is 1. The second kappa shape index (κ2) is 10.3. The molecule has 1 unspecified atom stereocenters. The van der Waals surface area contributed by atoms with Gasteiger partial charge in [-0.25, -0.2) is 0 Å². The summed E-state index contributed by atoms with van der Waals surface area (Å²) in [5.41, 5.74) is -1.38. The van der Waals surface area contributed by atoms with E-state index in [4.69, 9.17) is 0 Å². The van der Waals surface area contributed by atoms with Crippen LogP contribution >= 0.6 is 0 Å². The lowest BCUT2D eigenvalue weighted by molar-refractivity contribution is -0.143. The summed E-state index contributed by atoms with van der Waals surface area (Å²) >= 11 is 0. The molecule has 2 saturated heterocycles. The van der Waals surface area contributed by atoms with E-state index >= 15 is 0 Å². The van der Waals surface area contributed by atoms with Gasteiger partial charge in [0.15, 0.2) is 0 Å². The number of alkyl halides is 6. The molecule has 37 heavy (non-hydrogen) atoms. The highest BCUT2D eigenvalue weighted by Gasteiger charge is 2.37. The number of nitrogens with zero attached hydrogens (tertiary/aromatic N) is 2. The van der Waals surface area contributed by atoms with Gasteiger partial charge in [-0.15, -0.1) is 0 Å². The highest BCUT2D eigenvalue weighted by Crippen LogP contribution is 2.39. The maximum Gasteiger partial charge on any atom is 0.416 e.